The van der Waals surface area contributed by atoms with Crippen molar-refractivity contribution in [3.05, 3.63) is 30.1 Å². The van der Waals surface area contributed by atoms with E-state index in [1.807, 2.05) is 18.2 Å². The molecule has 1 atom stereocenters. The molecule has 2 aromatic rings. The van der Waals surface area contributed by atoms with E-state index in [-0.39, 0.29) is 5.91 Å². The molecule has 17 heavy (non-hydrogen) atoms. The van der Waals surface area contributed by atoms with Gasteiger partial charge in [-0.1, -0.05) is 6.07 Å². The summed E-state index contributed by atoms with van der Waals surface area (Å²) in [4.78, 5) is 20.5. The fraction of sp³-hybridized carbons (Fsp3) is 0.333. The monoisotopic (exact) mass is 232 g/mol. The Morgan fingerprint density at radius 1 is 1.59 bits per heavy atom. The Kier molecular flexibility index (Phi) is 3.10. The summed E-state index contributed by atoms with van der Waals surface area (Å²) in [6.07, 6.45) is 1.66. The minimum atomic E-state index is -0.462. The van der Waals surface area contributed by atoms with Crippen molar-refractivity contribution in [1.29, 1.82) is 0 Å². The van der Waals surface area contributed by atoms with Gasteiger partial charge in [-0.3, -0.25) is 4.79 Å². The smallest absolute Gasteiger partial charge is 0.239 e. The molecule has 1 aromatic carbocycles. The minimum Gasteiger partial charge on any atom is -0.345 e. The molecular formula is C12H16N4O. The van der Waals surface area contributed by atoms with Gasteiger partial charge in [-0.25, -0.2) is 4.98 Å². The average Bonchev–Trinajstić information content (AvgIpc) is 2.74. The zero-order chi connectivity index (χ0) is 12.4. The number of carbonyl (C=O) groups excluding carboxylic acids is 1. The molecule has 0 fully saturated rings. The molecule has 0 bridgehead atoms. The van der Waals surface area contributed by atoms with Gasteiger partial charge in [-0.2, -0.15) is 0 Å². The predicted octanol–water partition coefficient (Wildman–Crippen LogP) is 0.868. The number of nitrogens with one attached hydrogen (secondary N) is 1. The normalized spacial score (nSPS) is 12.6. The van der Waals surface area contributed by atoms with Gasteiger partial charge in [0.15, 0.2) is 0 Å². The van der Waals surface area contributed by atoms with E-state index < -0.39 is 6.04 Å². The number of amides is 1. The van der Waals surface area contributed by atoms with Gasteiger partial charge in [0.2, 0.25) is 5.91 Å². The van der Waals surface area contributed by atoms with Crippen molar-refractivity contribution >= 4 is 16.9 Å². The Morgan fingerprint density at radius 3 is 3.06 bits per heavy atom. The quantitative estimate of drug-likeness (QED) is 0.824. The second kappa shape index (κ2) is 4.55. The van der Waals surface area contributed by atoms with Gasteiger partial charge in [-0.05, 0) is 24.6 Å². The van der Waals surface area contributed by atoms with E-state index in [0.29, 0.717) is 6.54 Å². The number of imidazole rings is 1. The van der Waals surface area contributed by atoms with Crippen LogP contribution in [0.4, 0.5) is 0 Å². The molecule has 0 aliphatic heterocycles. The highest BCUT2D eigenvalue weighted by Crippen LogP contribution is 2.13. The van der Waals surface area contributed by atoms with Crippen molar-refractivity contribution < 1.29 is 4.79 Å². The van der Waals surface area contributed by atoms with Crippen LogP contribution in [-0.4, -0.2) is 33.9 Å². The summed E-state index contributed by atoms with van der Waals surface area (Å²) in [6.45, 7) is 2.24. The number of rotatable bonds is 3. The third kappa shape index (κ3) is 2.45. The van der Waals surface area contributed by atoms with Gasteiger partial charge in [-0.15, -0.1) is 0 Å². The first-order valence-electron chi connectivity index (χ1n) is 5.50. The molecule has 0 aliphatic carbocycles. The first-order valence-corrected chi connectivity index (χ1v) is 5.50. The molecule has 0 spiro atoms. The number of aromatic nitrogens is 2. The van der Waals surface area contributed by atoms with E-state index in [9.17, 15) is 4.79 Å². The van der Waals surface area contributed by atoms with Crippen molar-refractivity contribution in [3.63, 3.8) is 0 Å². The fourth-order valence-corrected chi connectivity index (χ4v) is 1.78. The predicted molar refractivity (Wildman–Crippen MR) is 66.2 cm³/mol. The molecular weight excluding hydrogens is 216 g/mol. The topological polar surface area (TPSA) is 75.0 Å². The number of nitrogens with zero attached hydrogens (tertiary/aromatic N) is 2. The van der Waals surface area contributed by atoms with Gasteiger partial charge >= 0.3 is 0 Å². The lowest BCUT2D eigenvalue weighted by Crippen LogP contribution is -2.39. The fourth-order valence-electron chi connectivity index (χ4n) is 1.78. The summed E-state index contributed by atoms with van der Waals surface area (Å²) in [5.74, 6) is -0.0605. The van der Waals surface area contributed by atoms with Crippen molar-refractivity contribution in [3.8, 4) is 0 Å². The number of hydrogen-bond donors (Lipinski definition) is 2. The Balaban J connectivity index is 2.15. The minimum absolute atomic E-state index is 0.0605. The number of H-pyrrole nitrogens is 1. The van der Waals surface area contributed by atoms with E-state index in [1.165, 1.54) is 0 Å². The number of likely N-dealkylation sites (N-methyl/N-ethyl adjacent to an activating group) is 1. The van der Waals surface area contributed by atoms with Crippen LogP contribution < -0.4 is 5.73 Å². The van der Waals surface area contributed by atoms with Gasteiger partial charge < -0.3 is 15.6 Å². The maximum atomic E-state index is 11.6. The molecule has 0 radical (unpaired) electrons. The summed E-state index contributed by atoms with van der Waals surface area (Å²) in [6, 6.07) is 5.43. The first-order chi connectivity index (χ1) is 8.08. The maximum absolute atomic E-state index is 11.6. The molecule has 1 aromatic heterocycles. The van der Waals surface area contributed by atoms with Gasteiger partial charge in [0.25, 0.3) is 0 Å². The average molecular weight is 232 g/mol. The Bertz CT molecular complexity index is 532. The summed E-state index contributed by atoms with van der Waals surface area (Å²) < 4.78 is 0. The molecule has 90 valence electrons. The molecule has 2 rings (SSSR count). The second-order valence-corrected chi connectivity index (χ2v) is 4.24. The van der Waals surface area contributed by atoms with E-state index >= 15 is 0 Å². The Labute approximate surface area is 99.6 Å². The van der Waals surface area contributed by atoms with Crippen molar-refractivity contribution in [2.45, 2.75) is 19.5 Å². The lowest BCUT2D eigenvalue weighted by atomic mass is 10.2. The maximum Gasteiger partial charge on any atom is 0.239 e. The molecule has 1 amide bonds. The molecule has 5 nitrogen and oxygen atoms in total. The second-order valence-electron chi connectivity index (χ2n) is 4.24. The lowest BCUT2D eigenvalue weighted by Gasteiger charge is -2.19. The first kappa shape index (κ1) is 11.6. The number of benzene rings is 1. The SMILES string of the molecule is CC(N)C(=O)N(C)Cc1ccc2nc[nH]c2c1. The van der Waals surface area contributed by atoms with Crippen LogP contribution in [-0.2, 0) is 11.3 Å². The largest absolute Gasteiger partial charge is 0.345 e. The van der Waals surface area contributed by atoms with E-state index in [1.54, 1.807) is 25.2 Å². The number of aromatic amines is 1. The molecule has 3 N–H and O–H groups in total. The van der Waals surface area contributed by atoms with Crippen molar-refractivity contribution in [1.82, 2.24) is 14.9 Å². The highest BCUT2D eigenvalue weighted by molar-refractivity contribution is 5.81. The summed E-state index contributed by atoms with van der Waals surface area (Å²) in [5, 5.41) is 0. The van der Waals surface area contributed by atoms with Gasteiger partial charge in [0.1, 0.15) is 0 Å². The third-order valence-corrected chi connectivity index (χ3v) is 2.67. The summed E-state index contributed by atoms with van der Waals surface area (Å²) in [7, 11) is 1.75. The standard InChI is InChI=1S/C12H16N4O/c1-8(13)12(17)16(2)6-9-3-4-10-11(5-9)15-7-14-10/h3-5,7-8H,6,13H2,1-2H3,(H,14,15). The highest BCUT2D eigenvalue weighted by Gasteiger charge is 2.13. The van der Waals surface area contributed by atoms with Crippen molar-refractivity contribution in [2.75, 3.05) is 7.05 Å². The van der Waals surface area contributed by atoms with Crippen LogP contribution in [0.25, 0.3) is 11.0 Å². The number of fused-ring (bicyclic) bond motifs is 1. The number of hydrogen-bond acceptors (Lipinski definition) is 3. The van der Waals surface area contributed by atoms with Gasteiger partial charge in [0.05, 0.1) is 23.4 Å². The molecule has 0 aliphatic rings. The zero-order valence-corrected chi connectivity index (χ0v) is 9.97. The number of nitrogens with two attached hydrogens (primary N) is 1. The molecule has 1 unspecified atom stereocenters. The Morgan fingerprint density at radius 2 is 2.35 bits per heavy atom. The summed E-state index contributed by atoms with van der Waals surface area (Å²) >= 11 is 0. The lowest BCUT2D eigenvalue weighted by molar-refractivity contribution is -0.131. The Hall–Kier alpha value is -1.88. The molecule has 1 heterocycles. The van der Waals surface area contributed by atoms with Gasteiger partial charge in [0, 0.05) is 13.6 Å². The zero-order valence-electron chi connectivity index (χ0n) is 9.97. The number of carbonyl (C=O) groups is 1. The third-order valence-electron chi connectivity index (χ3n) is 2.67. The van der Waals surface area contributed by atoms with E-state index in [0.717, 1.165) is 16.6 Å². The van der Waals surface area contributed by atoms with Crippen LogP contribution in [0.2, 0.25) is 0 Å². The molecule has 0 saturated carbocycles. The summed E-state index contributed by atoms with van der Waals surface area (Å²) in [5.41, 5.74) is 8.51. The van der Waals surface area contributed by atoms with Crippen LogP contribution in [0.3, 0.4) is 0 Å². The van der Waals surface area contributed by atoms with Crippen LogP contribution in [0, 0.1) is 0 Å². The van der Waals surface area contributed by atoms with Crippen molar-refractivity contribution in [2.24, 2.45) is 5.73 Å². The van der Waals surface area contributed by atoms with Crippen LogP contribution in [0.1, 0.15) is 12.5 Å². The van der Waals surface area contributed by atoms with E-state index in [2.05, 4.69) is 9.97 Å². The molecule has 0 saturated heterocycles. The van der Waals surface area contributed by atoms with E-state index in [4.69, 9.17) is 5.73 Å². The highest BCUT2D eigenvalue weighted by atomic mass is 16.2. The molecule has 5 heteroatoms. The van der Waals surface area contributed by atoms with Crippen LogP contribution >= 0.6 is 0 Å². The van der Waals surface area contributed by atoms with Crippen LogP contribution in [0.5, 0.6) is 0 Å². The van der Waals surface area contributed by atoms with Crippen LogP contribution in [0.15, 0.2) is 24.5 Å².